The molecule has 0 aliphatic rings. The maximum Gasteiger partial charge on any atom is 0.231 e. The van der Waals surface area contributed by atoms with E-state index in [-0.39, 0.29) is 11.9 Å². The summed E-state index contributed by atoms with van der Waals surface area (Å²) in [5.41, 5.74) is 4.62. The standard InChI is InChI=1S/C17H18BrNO/c1-12-7-3-5-9-14(12)17(19-16(20)11-18)15-10-6-4-8-13(15)2/h3-10,17H,11H2,1-2H3,(H,19,20). The van der Waals surface area contributed by atoms with E-state index in [1.165, 1.54) is 11.1 Å². The molecule has 2 nitrogen and oxygen atoms in total. The number of alkyl halides is 1. The minimum atomic E-state index is -0.109. The van der Waals surface area contributed by atoms with Crippen molar-refractivity contribution in [3.05, 3.63) is 70.8 Å². The molecule has 1 amide bonds. The first-order valence-electron chi connectivity index (χ1n) is 6.60. The number of rotatable bonds is 4. The third-order valence-corrected chi connectivity index (χ3v) is 3.93. The molecule has 1 N–H and O–H groups in total. The molecule has 2 aromatic carbocycles. The Morgan fingerprint density at radius 2 is 1.45 bits per heavy atom. The van der Waals surface area contributed by atoms with Crippen molar-refractivity contribution in [2.45, 2.75) is 19.9 Å². The number of benzene rings is 2. The van der Waals surface area contributed by atoms with Gasteiger partial charge in [0.1, 0.15) is 0 Å². The fourth-order valence-corrected chi connectivity index (χ4v) is 2.51. The van der Waals surface area contributed by atoms with Gasteiger partial charge in [-0.2, -0.15) is 0 Å². The molecule has 20 heavy (non-hydrogen) atoms. The summed E-state index contributed by atoms with van der Waals surface area (Å²) in [6.07, 6.45) is 0. The Bertz CT molecular complexity index is 564. The Balaban J connectivity index is 2.48. The largest absolute Gasteiger partial charge is 0.344 e. The van der Waals surface area contributed by atoms with Crippen LogP contribution in [0.2, 0.25) is 0 Å². The number of amides is 1. The van der Waals surface area contributed by atoms with Crippen LogP contribution in [0.3, 0.4) is 0 Å². The molecule has 0 fully saturated rings. The fraction of sp³-hybridized carbons (Fsp3) is 0.235. The molecule has 0 unspecified atom stereocenters. The van der Waals surface area contributed by atoms with E-state index >= 15 is 0 Å². The highest BCUT2D eigenvalue weighted by molar-refractivity contribution is 9.09. The Kier molecular flexibility index (Phi) is 4.96. The molecule has 0 aromatic heterocycles. The molecule has 0 aliphatic carbocycles. The molecule has 0 radical (unpaired) electrons. The second-order valence-electron chi connectivity index (χ2n) is 4.85. The predicted molar refractivity (Wildman–Crippen MR) is 86.1 cm³/mol. The van der Waals surface area contributed by atoms with E-state index in [1.54, 1.807) is 0 Å². The quantitative estimate of drug-likeness (QED) is 0.845. The third-order valence-electron chi connectivity index (χ3n) is 3.43. The van der Waals surface area contributed by atoms with Gasteiger partial charge in [0, 0.05) is 0 Å². The van der Waals surface area contributed by atoms with Crippen LogP contribution in [0.1, 0.15) is 28.3 Å². The summed E-state index contributed by atoms with van der Waals surface area (Å²) in [5.74, 6) is -0.0125. The highest BCUT2D eigenvalue weighted by atomic mass is 79.9. The Hall–Kier alpha value is -1.61. The van der Waals surface area contributed by atoms with Crippen molar-refractivity contribution in [1.29, 1.82) is 0 Å². The average molecular weight is 332 g/mol. The summed E-state index contributed by atoms with van der Waals surface area (Å²) >= 11 is 3.21. The van der Waals surface area contributed by atoms with E-state index in [2.05, 4.69) is 59.4 Å². The molecule has 0 spiro atoms. The lowest BCUT2D eigenvalue weighted by Crippen LogP contribution is -2.31. The molecule has 0 aliphatic heterocycles. The lowest BCUT2D eigenvalue weighted by atomic mass is 9.92. The second kappa shape index (κ2) is 6.71. The highest BCUT2D eigenvalue weighted by Crippen LogP contribution is 2.27. The molecule has 2 aromatic rings. The van der Waals surface area contributed by atoms with Crippen LogP contribution in [-0.4, -0.2) is 11.2 Å². The van der Waals surface area contributed by atoms with Crippen molar-refractivity contribution in [1.82, 2.24) is 5.32 Å². The molecular weight excluding hydrogens is 314 g/mol. The van der Waals surface area contributed by atoms with Gasteiger partial charge in [0.25, 0.3) is 0 Å². The van der Waals surface area contributed by atoms with Crippen molar-refractivity contribution >= 4 is 21.8 Å². The molecule has 0 saturated heterocycles. The van der Waals surface area contributed by atoms with Gasteiger partial charge in [-0.05, 0) is 36.1 Å². The normalized spacial score (nSPS) is 10.6. The molecule has 0 heterocycles. The van der Waals surface area contributed by atoms with Gasteiger partial charge >= 0.3 is 0 Å². The van der Waals surface area contributed by atoms with Crippen LogP contribution in [0.25, 0.3) is 0 Å². The van der Waals surface area contributed by atoms with Crippen LogP contribution >= 0.6 is 15.9 Å². The van der Waals surface area contributed by atoms with E-state index in [4.69, 9.17) is 0 Å². The van der Waals surface area contributed by atoms with Gasteiger partial charge in [0.05, 0.1) is 11.4 Å². The zero-order valence-electron chi connectivity index (χ0n) is 11.7. The molecule has 0 saturated carbocycles. The zero-order valence-corrected chi connectivity index (χ0v) is 13.3. The topological polar surface area (TPSA) is 29.1 Å². The Labute approximate surface area is 128 Å². The van der Waals surface area contributed by atoms with Gasteiger partial charge in [-0.1, -0.05) is 64.5 Å². The lowest BCUT2D eigenvalue weighted by molar-refractivity contribution is -0.118. The van der Waals surface area contributed by atoms with E-state index in [0.717, 1.165) is 11.1 Å². The summed E-state index contributed by atoms with van der Waals surface area (Å²) < 4.78 is 0. The number of hydrogen-bond donors (Lipinski definition) is 1. The first-order valence-corrected chi connectivity index (χ1v) is 7.72. The van der Waals surface area contributed by atoms with Crippen molar-refractivity contribution in [3.63, 3.8) is 0 Å². The maximum atomic E-state index is 11.8. The SMILES string of the molecule is Cc1ccccc1C(NC(=O)CBr)c1ccccc1C. The van der Waals surface area contributed by atoms with Gasteiger partial charge < -0.3 is 5.32 Å². The number of aryl methyl sites for hydroxylation is 2. The number of hydrogen-bond acceptors (Lipinski definition) is 1. The van der Waals surface area contributed by atoms with E-state index in [1.807, 2.05) is 24.3 Å². The number of carbonyl (C=O) groups excluding carboxylic acids is 1. The van der Waals surface area contributed by atoms with Crippen molar-refractivity contribution in [2.24, 2.45) is 0 Å². The summed E-state index contributed by atoms with van der Waals surface area (Å²) in [7, 11) is 0. The number of nitrogens with one attached hydrogen (secondary N) is 1. The monoisotopic (exact) mass is 331 g/mol. The van der Waals surface area contributed by atoms with Crippen molar-refractivity contribution in [2.75, 3.05) is 5.33 Å². The highest BCUT2D eigenvalue weighted by Gasteiger charge is 2.19. The zero-order chi connectivity index (χ0) is 14.5. The molecule has 0 bridgehead atoms. The van der Waals surface area contributed by atoms with Gasteiger partial charge in [0.15, 0.2) is 0 Å². The summed E-state index contributed by atoms with van der Waals surface area (Å²) in [6, 6.07) is 16.2. The van der Waals surface area contributed by atoms with Crippen molar-refractivity contribution in [3.8, 4) is 0 Å². The minimum Gasteiger partial charge on any atom is -0.344 e. The smallest absolute Gasteiger partial charge is 0.231 e. The minimum absolute atomic E-state index is 0.0125. The van der Waals surface area contributed by atoms with Crippen molar-refractivity contribution < 1.29 is 4.79 Å². The number of carbonyl (C=O) groups is 1. The second-order valence-corrected chi connectivity index (χ2v) is 5.41. The van der Waals surface area contributed by atoms with Crippen LogP contribution in [0.5, 0.6) is 0 Å². The van der Waals surface area contributed by atoms with Crippen LogP contribution in [-0.2, 0) is 4.79 Å². The predicted octanol–water partition coefficient (Wildman–Crippen LogP) is 3.90. The molecular formula is C17H18BrNO. The summed E-state index contributed by atoms with van der Waals surface area (Å²) in [5, 5.41) is 3.40. The average Bonchev–Trinajstić information content (AvgIpc) is 2.46. The number of halogens is 1. The molecule has 2 rings (SSSR count). The third kappa shape index (κ3) is 3.28. The Morgan fingerprint density at radius 3 is 1.85 bits per heavy atom. The van der Waals surface area contributed by atoms with Gasteiger partial charge in [0.2, 0.25) is 5.91 Å². The van der Waals surface area contributed by atoms with Gasteiger partial charge in [-0.25, -0.2) is 0 Å². The van der Waals surface area contributed by atoms with E-state index in [0.29, 0.717) is 5.33 Å². The first kappa shape index (κ1) is 14.8. The first-order chi connectivity index (χ1) is 9.63. The van der Waals surface area contributed by atoms with Crippen LogP contribution in [0, 0.1) is 13.8 Å². The molecule has 0 atom stereocenters. The molecule has 3 heteroatoms. The van der Waals surface area contributed by atoms with Crippen LogP contribution in [0.4, 0.5) is 0 Å². The lowest BCUT2D eigenvalue weighted by Gasteiger charge is -2.23. The molecule has 104 valence electrons. The van der Waals surface area contributed by atoms with Gasteiger partial charge in [-0.3, -0.25) is 4.79 Å². The fourth-order valence-electron chi connectivity index (χ4n) is 2.34. The summed E-state index contributed by atoms with van der Waals surface area (Å²) in [4.78, 5) is 11.8. The van der Waals surface area contributed by atoms with E-state index < -0.39 is 0 Å². The van der Waals surface area contributed by atoms with Gasteiger partial charge in [-0.15, -0.1) is 0 Å². The summed E-state index contributed by atoms with van der Waals surface area (Å²) in [6.45, 7) is 4.14. The van der Waals surface area contributed by atoms with E-state index in [9.17, 15) is 4.79 Å². The van der Waals surface area contributed by atoms with Crippen LogP contribution in [0.15, 0.2) is 48.5 Å². The maximum absolute atomic E-state index is 11.8. The van der Waals surface area contributed by atoms with Crippen LogP contribution < -0.4 is 5.32 Å². The Morgan fingerprint density at radius 1 is 1.00 bits per heavy atom.